The summed E-state index contributed by atoms with van der Waals surface area (Å²) >= 11 is 5.25. The summed E-state index contributed by atoms with van der Waals surface area (Å²) in [6, 6.07) is 6.10. The molecule has 1 aromatic heterocycles. The summed E-state index contributed by atoms with van der Waals surface area (Å²) in [7, 11) is 0. The number of aromatic nitrogens is 3. The van der Waals surface area contributed by atoms with E-state index in [1.807, 2.05) is 16.4 Å². The largest absolute Gasteiger partial charge is 0.338 e. The number of hydrogen-bond acceptors (Lipinski definition) is 5. The van der Waals surface area contributed by atoms with Crippen LogP contribution in [0.3, 0.4) is 0 Å². The number of nitro benzene ring substituents is 1. The Labute approximate surface area is 161 Å². The third-order valence-corrected chi connectivity index (χ3v) is 5.04. The summed E-state index contributed by atoms with van der Waals surface area (Å²) in [6.07, 6.45) is 5.07. The number of hydrogen-bond donors (Lipinski definition) is 1. The molecule has 142 valence electrons. The normalized spacial score (nSPS) is 17.4. The number of H-pyrrole nitrogens is 1. The highest BCUT2D eigenvalue weighted by Gasteiger charge is 2.27. The number of non-ortho nitro benzene ring substituents is 1. The maximum absolute atomic E-state index is 12.6. The summed E-state index contributed by atoms with van der Waals surface area (Å²) < 4.78 is 2.58. The molecule has 0 saturated carbocycles. The molecule has 1 aromatic carbocycles. The molecule has 1 N–H and O–H groups in total. The van der Waals surface area contributed by atoms with Crippen molar-refractivity contribution in [2.45, 2.75) is 32.2 Å². The van der Waals surface area contributed by atoms with E-state index in [9.17, 15) is 14.9 Å². The summed E-state index contributed by atoms with van der Waals surface area (Å²) in [4.78, 5) is 24.6. The van der Waals surface area contributed by atoms with Crippen molar-refractivity contribution in [1.29, 1.82) is 0 Å². The minimum Gasteiger partial charge on any atom is -0.338 e. The van der Waals surface area contributed by atoms with Crippen LogP contribution in [0, 0.1) is 14.9 Å². The van der Waals surface area contributed by atoms with Crippen molar-refractivity contribution in [1.82, 2.24) is 19.7 Å². The van der Waals surface area contributed by atoms with Gasteiger partial charge in [-0.25, -0.2) is 0 Å². The summed E-state index contributed by atoms with van der Waals surface area (Å²) in [5.41, 5.74) is 0.774. The molecule has 9 heteroatoms. The molecule has 1 aliphatic heterocycles. The van der Waals surface area contributed by atoms with E-state index in [2.05, 4.69) is 10.2 Å². The maximum Gasteiger partial charge on any atom is 0.269 e. The number of amides is 1. The molecule has 0 aliphatic carbocycles. The van der Waals surface area contributed by atoms with E-state index in [1.54, 1.807) is 18.2 Å². The minimum absolute atomic E-state index is 0.0293. The van der Waals surface area contributed by atoms with Crippen molar-refractivity contribution in [3.63, 3.8) is 0 Å². The lowest BCUT2D eigenvalue weighted by Crippen LogP contribution is -2.38. The van der Waals surface area contributed by atoms with Crippen molar-refractivity contribution in [2.75, 3.05) is 13.1 Å². The van der Waals surface area contributed by atoms with Crippen LogP contribution in [0.2, 0.25) is 0 Å². The molecule has 1 fully saturated rings. The standard InChI is InChI=1S/C18H21N5O3S/c1-2-22-17(19-20-18(22)27)14-4-3-11-21(12-14)16(24)10-7-13-5-8-15(9-6-13)23(25)26/h5-10,14H,2-4,11-12H2,1H3,(H,20,27)/b10-7+. The van der Waals surface area contributed by atoms with Crippen LogP contribution < -0.4 is 0 Å². The van der Waals surface area contributed by atoms with Gasteiger partial charge in [-0.15, -0.1) is 0 Å². The van der Waals surface area contributed by atoms with Gasteiger partial charge in [0.05, 0.1) is 4.92 Å². The predicted octanol–water partition coefficient (Wildman–Crippen LogP) is 3.29. The average molecular weight is 387 g/mol. The first-order chi connectivity index (χ1) is 13.0. The molecule has 0 spiro atoms. The van der Waals surface area contributed by atoms with E-state index < -0.39 is 4.92 Å². The lowest BCUT2D eigenvalue weighted by Gasteiger charge is -2.31. The molecule has 1 aliphatic rings. The summed E-state index contributed by atoms with van der Waals surface area (Å²) in [5, 5.41) is 17.9. The Bertz CT molecular complexity index is 916. The van der Waals surface area contributed by atoms with Crippen LogP contribution >= 0.6 is 12.2 Å². The maximum atomic E-state index is 12.6. The molecule has 2 aromatic rings. The van der Waals surface area contributed by atoms with Gasteiger partial charge in [0.1, 0.15) is 5.82 Å². The van der Waals surface area contributed by atoms with Gasteiger partial charge in [0, 0.05) is 43.8 Å². The van der Waals surface area contributed by atoms with Gasteiger partial charge >= 0.3 is 0 Å². The number of likely N-dealkylation sites (tertiary alicyclic amines) is 1. The quantitative estimate of drug-likeness (QED) is 0.367. The van der Waals surface area contributed by atoms with Crippen molar-refractivity contribution >= 4 is 29.9 Å². The topological polar surface area (TPSA) is 97.1 Å². The van der Waals surface area contributed by atoms with Gasteiger partial charge in [-0.1, -0.05) is 0 Å². The molecule has 1 atom stereocenters. The van der Waals surface area contributed by atoms with Gasteiger partial charge in [0.15, 0.2) is 4.77 Å². The number of nitrogens with zero attached hydrogens (tertiary/aromatic N) is 4. The van der Waals surface area contributed by atoms with E-state index in [0.717, 1.165) is 30.8 Å². The Morgan fingerprint density at radius 1 is 1.44 bits per heavy atom. The lowest BCUT2D eigenvalue weighted by atomic mass is 9.97. The van der Waals surface area contributed by atoms with Crippen LogP contribution in [-0.4, -0.2) is 43.6 Å². The number of carbonyl (C=O) groups excluding carboxylic acids is 1. The first kappa shape index (κ1) is 19.0. The summed E-state index contributed by atoms with van der Waals surface area (Å²) in [6.45, 7) is 4.07. The van der Waals surface area contributed by atoms with E-state index in [4.69, 9.17) is 12.2 Å². The van der Waals surface area contributed by atoms with Gasteiger partial charge in [0.2, 0.25) is 5.91 Å². The average Bonchev–Trinajstić information content (AvgIpc) is 3.07. The van der Waals surface area contributed by atoms with Gasteiger partial charge in [0.25, 0.3) is 5.69 Å². The Morgan fingerprint density at radius 3 is 2.85 bits per heavy atom. The molecule has 2 heterocycles. The molecule has 3 rings (SSSR count). The van der Waals surface area contributed by atoms with Gasteiger partial charge in [-0.05, 0) is 55.8 Å². The molecule has 0 bridgehead atoms. The van der Waals surface area contributed by atoms with E-state index in [0.29, 0.717) is 17.9 Å². The Hall–Kier alpha value is -2.81. The smallest absolute Gasteiger partial charge is 0.269 e. The molecule has 27 heavy (non-hydrogen) atoms. The molecule has 8 nitrogen and oxygen atoms in total. The second-order valence-corrected chi connectivity index (χ2v) is 6.82. The van der Waals surface area contributed by atoms with E-state index in [1.165, 1.54) is 18.2 Å². The fraction of sp³-hybridized carbons (Fsp3) is 0.389. The molecule has 1 saturated heterocycles. The van der Waals surface area contributed by atoms with Crippen LogP contribution in [-0.2, 0) is 11.3 Å². The predicted molar refractivity (Wildman–Crippen MR) is 104 cm³/mol. The van der Waals surface area contributed by atoms with Crippen molar-refractivity contribution in [3.8, 4) is 0 Å². The highest BCUT2D eigenvalue weighted by molar-refractivity contribution is 7.71. The molecule has 1 amide bonds. The fourth-order valence-electron chi connectivity index (χ4n) is 3.32. The minimum atomic E-state index is -0.446. The van der Waals surface area contributed by atoms with Crippen LogP contribution in [0.1, 0.15) is 37.1 Å². The SMILES string of the molecule is CCn1c(C2CCCN(C(=O)/C=C/c3ccc([N+](=O)[O-])cc3)C2)n[nH]c1=S. The number of nitro groups is 1. The molecule has 1 unspecified atom stereocenters. The number of piperidine rings is 1. The highest BCUT2D eigenvalue weighted by atomic mass is 32.1. The second-order valence-electron chi connectivity index (χ2n) is 6.44. The highest BCUT2D eigenvalue weighted by Crippen LogP contribution is 2.26. The zero-order valence-corrected chi connectivity index (χ0v) is 15.8. The van der Waals surface area contributed by atoms with Crippen molar-refractivity contribution in [2.24, 2.45) is 0 Å². The molecule has 0 radical (unpaired) electrons. The number of carbonyl (C=O) groups is 1. The number of nitrogens with one attached hydrogen (secondary N) is 1. The zero-order chi connectivity index (χ0) is 19.4. The van der Waals surface area contributed by atoms with Crippen molar-refractivity contribution < 1.29 is 9.72 Å². The number of benzene rings is 1. The number of aromatic amines is 1. The van der Waals surface area contributed by atoms with Gasteiger partial charge < -0.3 is 9.47 Å². The van der Waals surface area contributed by atoms with Crippen LogP contribution in [0.5, 0.6) is 0 Å². The fourth-order valence-corrected chi connectivity index (χ4v) is 3.58. The first-order valence-electron chi connectivity index (χ1n) is 8.86. The van der Waals surface area contributed by atoms with Crippen LogP contribution in [0.4, 0.5) is 5.69 Å². The Morgan fingerprint density at radius 2 is 2.19 bits per heavy atom. The zero-order valence-electron chi connectivity index (χ0n) is 15.0. The first-order valence-corrected chi connectivity index (χ1v) is 9.27. The monoisotopic (exact) mass is 387 g/mol. The van der Waals surface area contributed by atoms with Gasteiger partial charge in [-0.2, -0.15) is 5.10 Å². The molecular formula is C18H21N5O3S. The van der Waals surface area contributed by atoms with Crippen LogP contribution in [0.15, 0.2) is 30.3 Å². The number of rotatable bonds is 5. The lowest BCUT2D eigenvalue weighted by molar-refractivity contribution is -0.384. The molecular weight excluding hydrogens is 366 g/mol. The third-order valence-electron chi connectivity index (χ3n) is 4.72. The van der Waals surface area contributed by atoms with E-state index >= 15 is 0 Å². The van der Waals surface area contributed by atoms with E-state index in [-0.39, 0.29) is 17.5 Å². The third kappa shape index (κ3) is 4.30. The van der Waals surface area contributed by atoms with Crippen LogP contribution in [0.25, 0.3) is 6.08 Å². The van der Waals surface area contributed by atoms with Crippen molar-refractivity contribution in [3.05, 3.63) is 56.6 Å². The Kier molecular flexibility index (Phi) is 5.80. The van der Waals surface area contributed by atoms with Gasteiger partial charge in [-0.3, -0.25) is 20.0 Å². The Balaban J connectivity index is 1.67. The second kappa shape index (κ2) is 8.26. The summed E-state index contributed by atoms with van der Waals surface area (Å²) in [5.74, 6) is 0.984.